The molecule has 1 aliphatic carbocycles. The van der Waals surface area contributed by atoms with E-state index < -0.39 is 0 Å². The summed E-state index contributed by atoms with van der Waals surface area (Å²) < 4.78 is 2.13. The van der Waals surface area contributed by atoms with Gasteiger partial charge >= 0.3 is 0 Å². The lowest BCUT2D eigenvalue weighted by molar-refractivity contribution is 0.346. The quantitative estimate of drug-likeness (QED) is 0.839. The zero-order valence-corrected chi connectivity index (χ0v) is 9.73. The molecule has 0 saturated heterocycles. The zero-order valence-electron chi connectivity index (χ0n) is 9.73. The van der Waals surface area contributed by atoms with Crippen LogP contribution in [0.1, 0.15) is 49.7 Å². The molecule has 1 aromatic heterocycles. The Balaban J connectivity index is 1.74. The number of rotatable bonds is 3. The van der Waals surface area contributed by atoms with E-state index in [0.717, 1.165) is 37.7 Å². The number of hydrogen-bond acceptors (Lipinski definition) is 3. The molecular weight excluding hydrogens is 200 g/mol. The first kappa shape index (κ1) is 10.3. The van der Waals surface area contributed by atoms with Gasteiger partial charge in [0.05, 0.1) is 0 Å². The number of nitrogens with zero attached hydrogens (tertiary/aromatic N) is 3. The van der Waals surface area contributed by atoms with E-state index in [0.29, 0.717) is 5.92 Å². The molecule has 2 N–H and O–H groups in total. The largest absolute Gasteiger partial charge is 0.330 e. The fraction of sp³-hybridized carbons (Fsp3) is 0.833. The highest BCUT2D eigenvalue weighted by Crippen LogP contribution is 2.35. The van der Waals surface area contributed by atoms with Crippen molar-refractivity contribution in [3.8, 4) is 0 Å². The van der Waals surface area contributed by atoms with Gasteiger partial charge in [-0.15, -0.1) is 0 Å². The molecule has 1 unspecified atom stereocenters. The summed E-state index contributed by atoms with van der Waals surface area (Å²) in [4.78, 5) is 4.72. The first-order valence-corrected chi connectivity index (χ1v) is 6.50. The average molecular weight is 220 g/mol. The van der Waals surface area contributed by atoms with Crippen molar-refractivity contribution in [2.24, 2.45) is 11.7 Å². The van der Waals surface area contributed by atoms with Gasteiger partial charge in [-0.3, -0.25) is 0 Å². The third-order valence-corrected chi connectivity index (χ3v) is 4.03. The Morgan fingerprint density at radius 3 is 2.88 bits per heavy atom. The number of fused-ring (bicyclic) bond motifs is 1. The average Bonchev–Trinajstić information content (AvgIpc) is 2.57. The highest BCUT2D eigenvalue weighted by molar-refractivity contribution is 5.05. The summed E-state index contributed by atoms with van der Waals surface area (Å²) >= 11 is 0. The van der Waals surface area contributed by atoms with Crippen LogP contribution in [0.2, 0.25) is 0 Å². The Hall–Kier alpha value is -0.900. The second-order valence-corrected chi connectivity index (χ2v) is 5.17. The van der Waals surface area contributed by atoms with Gasteiger partial charge in [-0.2, -0.15) is 5.10 Å². The number of hydrogen-bond donors (Lipinski definition) is 1. The van der Waals surface area contributed by atoms with Gasteiger partial charge in [-0.25, -0.2) is 9.67 Å². The molecule has 1 fully saturated rings. The fourth-order valence-electron chi connectivity index (χ4n) is 2.71. The summed E-state index contributed by atoms with van der Waals surface area (Å²) in [6, 6.07) is 0. The molecule has 2 heterocycles. The summed E-state index contributed by atoms with van der Waals surface area (Å²) in [7, 11) is 0. The first-order chi connectivity index (χ1) is 7.86. The minimum absolute atomic E-state index is 0.658. The summed E-state index contributed by atoms with van der Waals surface area (Å²) in [5.74, 6) is 3.70. The van der Waals surface area contributed by atoms with E-state index in [1.54, 1.807) is 0 Å². The van der Waals surface area contributed by atoms with Crippen LogP contribution < -0.4 is 5.73 Å². The third kappa shape index (κ3) is 1.75. The summed E-state index contributed by atoms with van der Waals surface area (Å²) in [5, 5.41) is 4.64. The van der Waals surface area contributed by atoms with Crippen molar-refractivity contribution in [3.05, 3.63) is 11.6 Å². The van der Waals surface area contributed by atoms with Gasteiger partial charge in [-0.1, -0.05) is 6.42 Å². The molecule has 16 heavy (non-hydrogen) atoms. The van der Waals surface area contributed by atoms with Crippen LogP contribution in [0, 0.1) is 5.92 Å². The van der Waals surface area contributed by atoms with Crippen molar-refractivity contribution in [1.29, 1.82) is 0 Å². The Bertz CT molecular complexity index is 367. The van der Waals surface area contributed by atoms with Crippen LogP contribution in [0.15, 0.2) is 0 Å². The molecule has 3 rings (SSSR count). The summed E-state index contributed by atoms with van der Waals surface area (Å²) in [5.41, 5.74) is 5.62. The second kappa shape index (κ2) is 4.17. The van der Waals surface area contributed by atoms with Crippen LogP contribution in [-0.4, -0.2) is 21.3 Å². The van der Waals surface area contributed by atoms with Crippen molar-refractivity contribution < 1.29 is 0 Å². The minimum atomic E-state index is 0.658. The van der Waals surface area contributed by atoms with Crippen molar-refractivity contribution >= 4 is 0 Å². The van der Waals surface area contributed by atoms with E-state index in [4.69, 9.17) is 10.7 Å². The Kier molecular flexibility index (Phi) is 2.67. The Labute approximate surface area is 96.2 Å². The number of aromatic nitrogens is 3. The smallest absolute Gasteiger partial charge is 0.154 e. The van der Waals surface area contributed by atoms with E-state index in [1.807, 2.05) is 0 Å². The zero-order chi connectivity index (χ0) is 11.0. The van der Waals surface area contributed by atoms with E-state index in [2.05, 4.69) is 9.78 Å². The molecule has 0 amide bonds. The predicted octanol–water partition coefficient (Wildman–Crippen LogP) is 1.46. The van der Waals surface area contributed by atoms with Crippen LogP contribution in [0.3, 0.4) is 0 Å². The molecule has 88 valence electrons. The molecule has 1 aliphatic heterocycles. The maximum absolute atomic E-state index is 5.62. The Morgan fingerprint density at radius 1 is 1.31 bits per heavy atom. The second-order valence-electron chi connectivity index (χ2n) is 5.17. The molecule has 1 aromatic rings. The van der Waals surface area contributed by atoms with E-state index in [1.165, 1.54) is 31.5 Å². The summed E-state index contributed by atoms with van der Waals surface area (Å²) in [6.07, 6.45) is 7.36. The maximum atomic E-state index is 5.62. The molecule has 0 aromatic carbocycles. The molecule has 1 saturated carbocycles. The highest BCUT2D eigenvalue weighted by atomic mass is 15.4. The van der Waals surface area contributed by atoms with Crippen LogP contribution in [0.5, 0.6) is 0 Å². The monoisotopic (exact) mass is 220 g/mol. The highest BCUT2D eigenvalue weighted by Gasteiger charge is 2.27. The van der Waals surface area contributed by atoms with Crippen LogP contribution >= 0.6 is 0 Å². The van der Waals surface area contributed by atoms with Crippen molar-refractivity contribution in [2.75, 3.05) is 6.54 Å². The lowest BCUT2D eigenvalue weighted by atomic mass is 9.85. The van der Waals surface area contributed by atoms with Gasteiger partial charge in [0.25, 0.3) is 0 Å². The van der Waals surface area contributed by atoms with Gasteiger partial charge in [-0.05, 0) is 38.1 Å². The minimum Gasteiger partial charge on any atom is -0.330 e. The molecule has 1 atom stereocenters. The predicted molar refractivity (Wildman–Crippen MR) is 62.1 cm³/mol. The third-order valence-electron chi connectivity index (χ3n) is 4.03. The van der Waals surface area contributed by atoms with E-state index in [-0.39, 0.29) is 0 Å². The normalized spacial score (nSPS) is 25.2. The van der Waals surface area contributed by atoms with Gasteiger partial charge in [0.15, 0.2) is 5.82 Å². The summed E-state index contributed by atoms with van der Waals surface area (Å²) in [6.45, 7) is 1.84. The van der Waals surface area contributed by atoms with Gasteiger partial charge < -0.3 is 5.73 Å². The lowest BCUT2D eigenvalue weighted by Gasteiger charge is -2.21. The van der Waals surface area contributed by atoms with Crippen LogP contribution in [0.4, 0.5) is 0 Å². The molecule has 0 radical (unpaired) electrons. The first-order valence-electron chi connectivity index (χ1n) is 6.50. The molecular formula is C12H20N4. The molecule has 4 nitrogen and oxygen atoms in total. The number of aryl methyl sites for hydroxylation is 1. The van der Waals surface area contributed by atoms with Crippen molar-refractivity contribution in [3.63, 3.8) is 0 Å². The van der Waals surface area contributed by atoms with Gasteiger partial charge in [0, 0.05) is 18.9 Å². The lowest BCUT2D eigenvalue weighted by Crippen LogP contribution is -2.22. The van der Waals surface area contributed by atoms with Crippen molar-refractivity contribution in [2.45, 2.75) is 51.0 Å². The maximum Gasteiger partial charge on any atom is 0.154 e. The number of nitrogens with two attached hydrogens (primary N) is 1. The van der Waals surface area contributed by atoms with E-state index >= 15 is 0 Å². The van der Waals surface area contributed by atoms with Gasteiger partial charge in [0.2, 0.25) is 0 Å². The van der Waals surface area contributed by atoms with Crippen LogP contribution in [-0.2, 0) is 13.0 Å². The topological polar surface area (TPSA) is 56.7 Å². The molecule has 2 aliphatic rings. The van der Waals surface area contributed by atoms with Gasteiger partial charge in [0.1, 0.15) is 5.82 Å². The van der Waals surface area contributed by atoms with Crippen molar-refractivity contribution in [1.82, 2.24) is 14.8 Å². The molecule has 0 spiro atoms. The SMILES string of the molecule is NCCC1CCn2nc(C3CCC3)nc2C1. The Morgan fingerprint density at radius 2 is 2.19 bits per heavy atom. The van der Waals surface area contributed by atoms with E-state index in [9.17, 15) is 0 Å². The molecule has 4 heteroatoms. The fourth-order valence-corrected chi connectivity index (χ4v) is 2.71. The molecule has 0 bridgehead atoms. The van der Waals surface area contributed by atoms with Crippen LogP contribution in [0.25, 0.3) is 0 Å². The standard InChI is InChI=1S/C12H20N4/c13-6-4-9-5-7-16-11(8-9)14-12(15-16)10-2-1-3-10/h9-10H,1-8,13H2.